The number of guanidine groups is 1. The molecule has 1 aromatic carbocycles. The van der Waals surface area contributed by atoms with Crippen molar-refractivity contribution in [3.05, 3.63) is 28.8 Å². The predicted molar refractivity (Wildman–Crippen MR) is 106 cm³/mol. The summed E-state index contributed by atoms with van der Waals surface area (Å²) in [6.07, 6.45) is 0.243. The van der Waals surface area contributed by atoms with Crippen LogP contribution in [0.25, 0.3) is 0 Å². The minimum atomic E-state index is -0.133. The lowest BCUT2D eigenvalue weighted by molar-refractivity contribution is -0.116. The van der Waals surface area contributed by atoms with Gasteiger partial charge in [-0.3, -0.25) is 9.79 Å². The largest absolute Gasteiger partial charge is 0.383 e. The predicted octanol–water partition coefficient (Wildman–Crippen LogP) is 2.53. The highest BCUT2D eigenvalue weighted by molar-refractivity contribution is 14.0. The molecule has 4 N–H and O–H groups in total. The van der Waals surface area contributed by atoms with Crippen LogP contribution in [0, 0.1) is 6.92 Å². The van der Waals surface area contributed by atoms with Gasteiger partial charge in [0.25, 0.3) is 0 Å². The smallest absolute Gasteiger partial charge is 0.226 e. The number of benzene rings is 1. The molecule has 23 heavy (non-hydrogen) atoms. The highest BCUT2D eigenvalue weighted by atomic mass is 127. The van der Waals surface area contributed by atoms with Crippen molar-refractivity contribution in [2.75, 3.05) is 25.6 Å². The van der Waals surface area contributed by atoms with E-state index in [1.54, 1.807) is 19.2 Å². The minimum absolute atomic E-state index is 0. The number of anilines is 1. The Balaban J connectivity index is 0.00000484. The number of halogens is 2. The Bertz CT molecular complexity index is 540. The summed E-state index contributed by atoms with van der Waals surface area (Å²) in [7, 11) is 1.62. The summed E-state index contributed by atoms with van der Waals surface area (Å²) in [5.74, 6) is 0.170. The van der Waals surface area contributed by atoms with Crippen molar-refractivity contribution < 1.29 is 9.53 Å². The van der Waals surface area contributed by atoms with Crippen LogP contribution in [0.3, 0.4) is 0 Å². The molecule has 1 amide bonds. The Kier molecular flexibility index (Phi) is 10.9. The first-order valence-corrected chi connectivity index (χ1v) is 7.42. The number of hydrogen-bond donors (Lipinski definition) is 3. The highest BCUT2D eigenvalue weighted by Crippen LogP contribution is 2.22. The van der Waals surface area contributed by atoms with Gasteiger partial charge in [0.05, 0.1) is 13.2 Å². The number of aliphatic imine (C=N–C) groups is 1. The molecular formula is C15H24ClIN4O2. The zero-order valence-electron chi connectivity index (χ0n) is 13.6. The average molecular weight is 455 g/mol. The molecule has 0 aliphatic heterocycles. The van der Waals surface area contributed by atoms with E-state index in [9.17, 15) is 4.79 Å². The maximum atomic E-state index is 11.9. The zero-order valence-corrected chi connectivity index (χ0v) is 16.6. The number of amides is 1. The fraction of sp³-hybridized carbons (Fsp3) is 0.467. The third-order valence-corrected chi connectivity index (χ3v) is 3.38. The highest BCUT2D eigenvalue weighted by Gasteiger charge is 2.07. The summed E-state index contributed by atoms with van der Waals surface area (Å²) >= 11 is 6.01. The molecular weight excluding hydrogens is 431 g/mol. The Hall–Kier alpha value is -1.06. The van der Waals surface area contributed by atoms with E-state index in [2.05, 4.69) is 15.6 Å². The molecule has 8 heteroatoms. The van der Waals surface area contributed by atoms with Crippen molar-refractivity contribution in [3.63, 3.8) is 0 Å². The normalized spacial score (nSPS) is 12.3. The zero-order chi connectivity index (χ0) is 16.5. The molecule has 0 spiro atoms. The van der Waals surface area contributed by atoms with Crippen LogP contribution in [0.15, 0.2) is 23.2 Å². The second-order valence-corrected chi connectivity index (χ2v) is 5.39. The van der Waals surface area contributed by atoms with E-state index >= 15 is 0 Å². The fourth-order valence-corrected chi connectivity index (χ4v) is 2.00. The van der Waals surface area contributed by atoms with E-state index in [-0.39, 0.29) is 42.3 Å². The van der Waals surface area contributed by atoms with E-state index in [1.807, 2.05) is 19.9 Å². The number of nitrogens with one attached hydrogen (secondary N) is 2. The van der Waals surface area contributed by atoms with Crippen LogP contribution < -0.4 is 16.4 Å². The second-order valence-electron chi connectivity index (χ2n) is 4.98. The third-order valence-electron chi connectivity index (χ3n) is 2.97. The van der Waals surface area contributed by atoms with Gasteiger partial charge < -0.3 is 21.1 Å². The molecule has 1 unspecified atom stereocenters. The van der Waals surface area contributed by atoms with Gasteiger partial charge in [-0.05, 0) is 31.5 Å². The molecule has 1 rings (SSSR count). The van der Waals surface area contributed by atoms with Gasteiger partial charge in [0.15, 0.2) is 5.96 Å². The molecule has 130 valence electrons. The number of carbonyl (C=O) groups is 1. The van der Waals surface area contributed by atoms with Crippen molar-refractivity contribution >= 4 is 53.1 Å². The van der Waals surface area contributed by atoms with E-state index in [1.165, 1.54) is 0 Å². The van der Waals surface area contributed by atoms with Gasteiger partial charge in [-0.1, -0.05) is 17.7 Å². The first kappa shape index (κ1) is 21.9. The lowest BCUT2D eigenvalue weighted by atomic mass is 10.2. The topological polar surface area (TPSA) is 88.7 Å². The molecule has 0 aromatic heterocycles. The molecule has 1 atom stereocenters. The number of ether oxygens (including phenoxy) is 1. The summed E-state index contributed by atoms with van der Waals surface area (Å²) < 4.78 is 4.99. The van der Waals surface area contributed by atoms with Crippen LogP contribution in [0.1, 0.15) is 18.9 Å². The van der Waals surface area contributed by atoms with Crippen molar-refractivity contribution in [2.24, 2.45) is 10.7 Å². The average Bonchev–Trinajstić information content (AvgIpc) is 2.44. The number of carbonyl (C=O) groups excluding carboxylic acids is 1. The van der Waals surface area contributed by atoms with Crippen LogP contribution in [0.2, 0.25) is 5.02 Å². The standard InChI is InChI=1S/C15H23ClN4O2.HI/c1-10(9-22-3)19-15(17)18-8-7-14(21)20-13-6-4-5-12(16)11(13)2;/h4-6,10H,7-9H2,1-3H3,(H,20,21)(H3,17,18,19);1H. The van der Waals surface area contributed by atoms with Gasteiger partial charge in [-0.15, -0.1) is 24.0 Å². The molecule has 0 radical (unpaired) electrons. The monoisotopic (exact) mass is 454 g/mol. The number of nitrogens with two attached hydrogens (primary N) is 1. The summed E-state index contributed by atoms with van der Waals surface area (Å²) in [4.78, 5) is 16.0. The van der Waals surface area contributed by atoms with Crippen molar-refractivity contribution in [1.82, 2.24) is 5.32 Å². The summed E-state index contributed by atoms with van der Waals surface area (Å²) in [6, 6.07) is 5.45. The number of nitrogens with zero attached hydrogens (tertiary/aromatic N) is 1. The number of hydrogen-bond acceptors (Lipinski definition) is 3. The van der Waals surface area contributed by atoms with Crippen molar-refractivity contribution in [1.29, 1.82) is 0 Å². The molecule has 0 bridgehead atoms. The van der Waals surface area contributed by atoms with E-state index in [4.69, 9.17) is 22.1 Å². The summed E-state index contributed by atoms with van der Waals surface area (Å²) in [6.45, 7) is 4.63. The maximum Gasteiger partial charge on any atom is 0.226 e. The second kappa shape index (κ2) is 11.5. The number of rotatable bonds is 7. The summed E-state index contributed by atoms with van der Waals surface area (Å²) in [5.41, 5.74) is 7.27. The maximum absolute atomic E-state index is 11.9. The Morgan fingerprint density at radius 1 is 1.48 bits per heavy atom. The third kappa shape index (κ3) is 8.38. The minimum Gasteiger partial charge on any atom is -0.383 e. The summed E-state index contributed by atoms with van der Waals surface area (Å²) in [5, 5.41) is 6.41. The van der Waals surface area contributed by atoms with Gasteiger partial charge in [0.1, 0.15) is 0 Å². The van der Waals surface area contributed by atoms with Gasteiger partial charge in [0, 0.05) is 30.3 Å². The molecule has 1 aromatic rings. The first-order chi connectivity index (χ1) is 10.4. The first-order valence-electron chi connectivity index (χ1n) is 7.04. The van der Waals surface area contributed by atoms with Gasteiger partial charge in [-0.2, -0.15) is 0 Å². The SMILES string of the molecule is COCC(C)NC(N)=NCCC(=O)Nc1cccc(Cl)c1C.I. The van der Waals surface area contributed by atoms with Gasteiger partial charge >= 0.3 is 0 Å². The van der Waals surface area contributed by atoms with E-state index in [0.29, 0.717) is 29.8 Å². The molecule has 0 heterocycles. The molecule has 6 nitrogen and oxygen atoms in total. The molecule has 0 aliphatic carbocycles. The lowest BCUT2D eigenvalue weighted by Crippen LogP contribution is -2.40. The molecule has 0 fully saturated rings. The molecule has 0 aliphatic rings. The lowest BCUT2D eigenvalue weighted by Gasteiger charge is -2.13. The van der Waals surface area contributed by atoms with Crippen molar-refractivity contribution in [2.45, 2.75) is 26.3 Å². The number of methoxy groups -OCH3 is 1. The van der Waals surface area contributed by atoms with Crippen LogP contribution >= 0.6 is 35.6 Å². The molecule has 0 saturated carbocycles. The van der Waals surface area contributed by atoms with Crippen LogP contribution in [0.5, 0.6) is 0 Å². The van der Waals surface area contributed by atoms with Crippen LogP contribution in [-0.2, 0) is 9.53 Å². The van der Waals surface area contributed by atoms with Crippen LogP contribution in [0.4, 0.5) is 5.69 Å². The van der Waals surface area contributed by atoms with Crippen molar-refractivity contribution in [3.8, 4) is 0 Å². The molecule has 0 saturated heterocycles. The van der Waals surface area contributed by atoms with E-state index in [0.717, 1.165) is 5.56 Å². The Labute approximate surface area is 159 Å². The Morgan fingerprint density at radius 2 is 2.17 bits per heavy atom. The van der Waals surface area contributed by atoms with E-state index < -0.39 is 0 Å². The quantitative estimate of drug-likeness (QED) is 0.336. The fourth-order valence-electron chi connectivity index (χ4n) is 1.82. The van der Waals surface area contributed by atoms with Gasteiger partial charge in [0.2, 0.25) is 5.91 Å². The Morgan fingerprint density at radius 3 is 2.83 bits per heavy atom. The van der Waals surface area contributed by atoms with Crippen LogP contribution in [-0.4, -0.2) is 38.2 Å². The van der Waals surface area contributed by atoms with Gasteiger partial charge in [-0.25, -0.2) is 0 Å².